The molecule has 2 rings (SSSR count). The van der Waals surface area contributed by atoms with Gasteiger partial charge in [-0.2, -0.15) is 13.2 Å². The normalized spacial score (nSPS) is 18.3. The number of hydrogen-bond donors (Lipinski definition) is 0. The van der Waals surface area contributed by atoms with E-state index >= 15 is 0 Å². The molecule has 1 fully saturated rings. The van der Waals surface area contributed by atoms with Crippen molar-refractivity contribution >= 4 is 17.7 Å². The van der Waals surface area contributed by atoms with Gasteiger partial charge in [-0.15, -0.1) is 0 Å². The Bertz CT molecular complexity index is 662. The molecule has 0 aliphatic carbocycles. The third kappa shape index (κ3) is 6.45. The van der Waals surface area contributed by atoms with E-state index in [9.17, 15) is 18.0 Å². The van der Waals surface area contributed by atoms with E-state index in [1.54, 1.807) is 4.90 Å². The van der Waals surface area contributed by atoms with Gasteiger partial charge in [0.15, 0.2) is 0 Å². The molecule has 1 aliphatic heterocycles. The number of alkyl halides is 3. The number of ether oxygens (including phenoxy) is 2. The Hall–Kier alpha value is -1.70. The highest BCUT2D eigenvalue weighted by Gasteiger charge is 2.32. The topological polar surface area (TPSA) is 51.7 Å². The number of hydrogen-bond acceptors (Lipinski definition) is 4. The van der Waals surface area contributed by atoms with Crippen molar-refractivity contribution in [1.82, 2.24) is 9.88 Å². The van der Waals surface area contributed by atoms with Crippen molar-refractivity contribution in [3.05, 3.63) is 22.8 Å². The van der Waals surface area contributed by atoms with Crippen LogP contribution in [0, 0.1) is 0 Å². The molecule has 1 aliphatic rings. The maximum atomic E-state index is 12.6. The first-order valence-electron chi connectivity index (χ1n) is 8.82. The van der Waals surface area contributed by atoms with Crippen LogP contribution < -0.4 is 4.74 Å². The molecule has 0 radical (unpaired) electrons. The number of halogens is 4. The van der Waals surface area contributed by atoms with Crippen LogP contribution >= 0.6 is 11.6 Å². The van der Waals surface area contributed by atoms with Gasteiger partial charge in [-0.3, -0.25) is 0 Å². The predicted molar refractivity (Wildman–Crippen MR) is 94.9 cm³/mol. The Morgan fingerprint density at radius 1 is 1.33 bits per heavy atom. The van der Waals surface area contributed by atoms with Crippen molar-refractivity contribution in [1.29, 1.82) is 0 Å². The summed E-state index contributed by atoms with van der Waals surface area (Å²) < 4.78 is 48.8. The fourth-order valence-electron chi connectivity index (χ4n) is 2.84. The third-order valence-corrected chi connectivity index (χ3v) is 4.35. The van der Waals surface area contributed by atoms with Crippen molar-refractivity contribution in [2.75, 3.05) is 13.2 Å². The molecule has 0 N–H and O–H groups in total. The number of amides is 1. The Morgan fingerprint density at radius 3 is 2.63 bits per heavy atom. The molecule has 0 saturated carbocycles. The van der Waals surface area contributed by atoms with Gasteiger partial charge >= 0.3 is 12.3 Å². The highest BCUT2D eigenvalue weighted by Crippen LogP contribution is 2.33. The summed E-state index contributed by atoms with van der Waals surface area (Å²) in [5, 5.41) is -0.197. The van der Waals surface area contributed by atoms with E-state index in [1.807, 2.05) is 20.8 Å². The summed E-state index contributed by atoms with van der Waals surface area (Å²) in [7, 11) is 0. The number of likely N-dealkylation sites (tertiary alicyclic amines) is 1. The lowest BCUT2D eigenvalue weighted by molar-refractivity contribution is -0.137. The molecule has 9 heteroatoms. The van der Waals surface area contributed by atoms with Gasteiger partial charge in [-0.25, -0.2) is 9.78 Å². The minimum Gasteiger partial charge on any atom is -0.477 e. The zero-order valence-electron chi connectivity index (χ0n) is 15.6. The van der Waals surface area contributed by atoms with Crippen LogP contribution in [-0.2, 0) is 10.9 Å². The zero-order chi connectivity index (χ0) is 20.2. The second-order valence-corrected chi connectivity index (χ2v) is 7.88. The minimum absolute atomic E-state index is 0.0516. The van der Waals surface area contributed by atoms with Crippen molar-refractivity contribution in [2.45, 2.75) is 64.3 Å². The molecule has 1 saturated heterocycles. The van der Waals surface area contributed by atoms with Crippen LogP contribution in [0.3, 0.4) is 0 Å². The Balaban J connectivity index is 1.93. The Morgan fingerprint density at radius 2 is 2.04 bits per heavy atom. The molecular weight excluding hydrogens is 385 g/mol. The van der Waals surface area contributed by atoms with Crippen molar-refractivity contribution in [3.8, 4) is 5.88 Å². The van der Waals surface area contributed by atoms with Gasteiger partial charge in [0, 0.05) is 25.2 Å². The van der Waals surface area contributed by atoms with E-state index in [1.165, 1.54) is 0 Å². The lowest BCUT2D eigenvalue weighted by Crippen LogP contribution is -2.46. The molecule has 1 aromatic heterocycles. The second kappa shape index (κ2) is 8.54. The van der Waals surface area contributed by atoms with Gasteiger partial charge in [0.05, 0.1) is 12.2 Å². The summed E-state index contributed by atoms with van der Waals surface area (Å²) in [6.45, 7) is 6.22. The van der Waals surface area contributed by atoms with Crippen molar-refractivity contribution in [3.63, 3.8) is 0 Å². The van der Waals surface area contributed by atoms with Crippen molar-refractivity contribution < 1.29 is 27.4 Å². The van der Waals surface area contributed by atoms with E-state index in [0.717, 1.165) is 25.3 Å². The zero-order valence-corrected chi connectivity index (χ0v) is 16.4. The monoisotopic (exact) mass is 408 g/mol. The summed E-state index contributed by atoms with van der Waals surface area (Å²) in [4.78, 5) is 17.7. The van der Waals surface area contributed by atoms with Gasteiger partial charge < -0.3 is 14.4 Å². The first kappa shape index (κ1) is 21.6. The quantitative estimate of drug-likeness (QED) is 0.677. The van der Waals surface area contributed by atoms with E-state index < -0.39 is 17.3 Å². The van der Waals surface area contributed by atoms with E-state index in [-0.39, 0.29) is 29.6 Å². The number of carbonyl (C=O) groups is 1. The maximum absolute atomic E-state index is 12.6. The van der Waals surface area contributed by atoms with E-state index in [2.05, 4.69) is 4.98 Å². The number of aromatic nitrogens is 1. The largest absolute Gasteiger partial charge is 0.477 e. The lowest BCUT2D eigenvalue weighted by Gasteiger charge is -2.36. The summed E-state index contributed by atoms with van der Waals surface area (Å²) in [6, 6.07) is 0.735. The fraction of sp³-hybridized carbons (Fsp3) is 0.667. The van der Waals surface area contributed by atoms with Crippen LogP contribution in [0.4, 0.5) is 18.0 Å². The molecule has 5 nitrogen and oxygen atoms in total. The molecule has 1 atom stereocenters. The molecule has 0 unspecified atom stereocenters. The predicted octanol–water partition coefficient (Wildman–Crippen LogP) is 5.31. The molecular formula is C18H24ClF3N2O3. The summed E-state index contributed by atoms with van der Waals surface area (Å²) in [6.07, 6.45) is -0.959. The van der Waals surface area contributed by atoms with Crippen LogP contribution in [0.2, 0.25) is 5.02 Å². The molecule has 1 aromatic rings. The second-order valence-electron chi connectivity index (χ2n) is 7.47. The Labute approximate surface area is 161 Å². The average Bonchev–Trinajstić information content (AvgIpc) is 2.54. The van der Waals surface area contributed by atoms with E-state index in [0.29, 0.717) is 19.2 Å². The van der Waals surface area contributed by atoms with Crippen LogP contribution in [0.25, 0.3) is 0 Å². The molecule has 0 spiro atoms. The van der Waals surface area contributed by atoms with Gasteiger partial charge in [0.25, 0.3) is 0 Å². The summed E-state index contributed by atoms with van der Waals surface area (Å²) >= 11 is 5.84. The van der Waals surface area contributed by atoms with Crippen LogP contribution in [0.5, 0.6) is 5.88 Å². The third-order valence-electron chi connectivity index (χ3n) is 4.08. The number of nitrogens with zero attached hydrogens (tertiary/aromatic N) is 2. The first-order chi connectivity index (χ1) is 12.5. The van der Waals surface area contributed by atoms with E-state index in [4.69, 9.17) is 21.1 Å². The molecule has 0 bridgehead atoms. The first-order valence-corrected chi connectivity index (χ1v) is 9.20. The molecule has 1 amide bonds. The van der Waals surface area contributed by atoms with Gasteiger partial charge in [0.1, 0.15) is 10.6 Å². The van der Waals surface area contributed by atoms with Gasteiger partial charge in [-0.05, 0) is 46.1 Å². The standard InChI is InChI=1S/C18H24ClF3N2O3/c1-17(2,3)27-16(25)24-8-5-4-6-13(24)7-9-26-15-14(19)10-12(11-23-15)18(20,21)22/h10-11,13H,4-9H2,1-3H3/t13-/m0/s1. The number of piperidine rings is 1. The number of carbonyl (C=O) groups excluding carboxylic acids is 1. The van der Waals surface area contributed by atoms with Gasteiger partial charge in [-0.1, -0.05) is 11.6 Å². The number of rotatable bonds is 4. The van der Waals surface area contributed by atoms with Gasteiger partial charge in [0.2, 0.25) is 5.88 Å². The molecule has 2 heterocycles. The SMILES string of the molecule is CC(C)(C)OC(=O)N1CCCC[C@H]1CCOc1ncc(C(F)(F)F)cc1Cl. The minimum atomic E-state index is -4.51. The summed E-state index contributed by atoms with van der Waals surface area (Å²) in [5.41, 5.74) is -1.50. The Kier molecular flexibility index (Phi) is 6.83. The van der Waals surface area contributed by atoms with Crippen LogP contribution in [-0.4, -0.2) is 40.8 Å². The smallest absolute Gasteiger partial charge is 0.417 e. The maximum Gasteiger partial charge on any atom is 0.417 e. The summed E-state index contributed by atoms with van der Waals surface area (Å²) in [5.74, 6) is -0.0516. The molecule has 27 heavy (non-hydrogen) atoms. The number of pyridine rings is 1. The van der Waals surface area contributed by atoms with Crippen molar-refractivity contribution in [2.24, 2.45) is 0 Å². The molecule has 152 valence electrons. The highest BCUT2D eigenvalue weighted by molar-refractivity contribution is 6.31. The average molecular weight is 409 g/mol. The lowest BCUT2D eigenvalue weighted by atomic mass is 10.0. The fourth-order valence-corrected chi connectivity index (χ4v) is 3.06. The van der Waals surface area contributed by atoms with Crippen LogP contribution in [0.15, 0.2) is 12.3 Å². The highest BCUT2D eigenvalue weighted by atomic mass is 35.5. The molecule has 0 aromatic carbocycles. The van der Waals surface area contributed by atoms with Crippen LogP contribution in [0.1, 0.15) is 52.0 Å².